The van der Waals surface area contributed by atoms with Crippen LogP contribution < -0.4 is 20.1 Å². The number of hydrogen-bond donors (Lipinski definition) is 2. The van der Waals surface area contributed by atoms with Crippen molar-refractivity contribution in [2.24, 2.45) is 0 Å². The molecule has 180 valence electrons. The third-order valence-corrected chi connectivity index (χ3v) is 6.35. The van der Waals surface area contributed by atoms with Gasteiger partial charge in [-0.25, -0.2) is 4.98 Å². The topological polar surface area (TPSA) is 103 Å². The number of nitrogens with one attached hydrogen (secondary N) is 2. The van der Waals surface area contributed by atoms with E-state index in [1.807, 2.05) is 42.5 Å². The minimum Gasteiger partial charge on any atom is -0.459 e. The molecule has 0 fully saturated rings. The molecule has 0 atom stereocenters. The Labute approximate surface area is 206 Å². The first-order valence-electron chi connectivity index (χ1n) is 11.8. The summed E-state index contributed by atoms with van der Waals surface area (Å²) in [6, 6.07) is 16.8. The molecule has 1 aliphatic heterocycles. The van der Waals surface area contributed by atoms with Gasteiger partial charge in [-0.1, -0.05) is 24.3 Å². The van der Waals surface area contributed by atoms with Gasteiger partial charge in [-0.15, -0.1) is 0 Å². The first-order chi connectivity index (χ1) is 17.7. The van der Waals surface area contributed by atoms with Gasteiger partial charge in [0.2, 0.25) is 6.79 Å². The van der Waals surface area contributed by atoms with Crippen LogP contribution in [0.25, 0.3) is 22.6 Å². The van der Waals surface area contributed by atoms with Crippen molar-refractivity contribution in [3.8, 4) is 11.5 Å². The van der Waals surface area contributed by atoms with Crippen molar-refractivity contribution in [3.05, 3.63) is 89.0 Å². The molecule has 4 aromatic rings. The first kappa shape index (κ1) is 21.9. The average Bonchev–Trinajstić information content (AvgIpc) is 3.66. The Morgan fingerprint density at radius 3 is 2.61 bits per heavy atom. The fourth-order valence-electron chi connectivity index (χ4n) is 4.68. The molecule has 6 rings (SSSR count). The minimum atomic E-state index is -0.317. The zero-order valence-electron chi connectivity index (χ0n) is 19.4. The van der Waals surface area contributed by atoms with E-state index in [1.54, 1.807) is 12.1 Å². The maximum Gasteiger partial charge on any atom is 0.287 e. The standard InChI is InChI=1S/C28H23N3O5/c32-27(23-6-3-13-34-23)29-11-12-30-28(33)25-19-4-1-2-5-21(19)31-26-18(8-9-20(25)26)14-17-7-10-22-24(15-17)36-16-35-22/h1-7,10,13-15H,8-9,11-12,16H2,(H,29,32)(H,30,33)/b18-14-. The van der Waals surface area contributed by atoms with E-state index in [4.69, 9.17) is 18.9 Å². The summed E-state index contributed by atoms with van der Waals surface area (Å²) in [4.78, 5) is 30.3. The summed E-state index contributed by atoms with van der Waals surface area (Å²) >= 11 is 0. The number of pyridine rings is 1. The fraction of sp³-hybridized carbons (Fsp3) is 0.179. The Hall–Kier alpha value is -4.59. The highest BCUT2D eigenvalue weighted by Crippen LogP contribution is 2.39. The van der Waals surface area contributed by atoms with Crippen molar-refractivity contribution in [1.82, 2.24) is 15.6 Å². The zero-order chi connectivity index (χ0) is 24.5. The van der Waals surface area contributed by atoms with Gasteiger partial charge in [0.05, 0.1) is 23.0 Å². The molecule has 0 saturated heterocycles. The van der Waals surface area contributed by atoms with Gasteiger partial charge in [-0.2, -0.15) is 0 Å². The van der Waals surface area contributed by atoms with Crippen LogP contribution >= 0.6 is 0 Å². The van der Waals surface area contributed by atoms with Gasteiger partial charge in [-0.3, -0.25) is 9.59 Å². The lowest BCUT2D eigenvalue weighted by molar-refractivity contribution is 0.0911. The van der Waals surface area contributed by atoms with Crippen LogP contribution in [0, 0.1) is 0 Å². The highest BCUT2D eigenvalue weighted by Gasteiger charge is 2.27. The lowest BCUT2D eigenvalue weighted by Crippen LogP contribution is -2.35. The van der Waals surface area contributed by atoms with E-state index < -0.39 is 0 Å². The Kier molecular flexibility index (Phi) is 5.61. The molecule has 36 heavy (non-hydrogen) atoms. The summed E-state index contributed by atoms with van der Waals surface area (Å²) in [5.41, 5.74) is 5.28. The first-order valence-corrected chi connectivity index (χ1v) is 11.8. The van der Waals surface area contributed by atoms with Crippen LogP contribution in [0.2, 0.25) is 0 Å². The van der Waals surface area contributed by atoms with Crippen LogP contribution in [0.4, 0.5) is 0 Å². The van der Waals surface area contributed by atoms with Crippen molar-refractivity contribution in [2.75, 3.05) is 19.9 Å². The van der Waals surface area contributed by atoms with E-state index in [2.05, 4.69) is 16.7 Å². The third kappa shape index (κ3) is 4.07. The Balaban J connectivity index is 1.26. The number of furan rings is 1. The van der Waals surface area contributed by atoms with E-state index in [1.165, 1.54) is 6.26 Å². The summed E-state index contributed by atoms with van der Waals surface area (Å²) in [5.74, 6) is 1.21. The van der Waals surface area contributed by atoms with Crippen molar-refractivity contribution in [1.29, 1.82) is 0 Å². The number of aromatic nitrogens is 1. The smallest absolute Gasteiger partial charge is 0.287 e. The van der Waals surface area contributed by atoms with Crippen molar-refractivity contribution < 1.29 is 23.5 Å². The molecule has 3 heterocycles. The zero-order valence-corrected chi connectivity index (χ0v) is 19.4. The van der Waals surface area contributed by atoms with Gasteiger partial charge < -0.3 is 24.5 Å². The average molecular weight is 482 g/mol. The molecule has 0 unspecified atom stereocenters. The van der Waals surface area contributed by atoms with Crippen LogP contribution in [0.1, 0.15) is 44.2 Å². The normalized spacial score (nSPS) is 14.7. The minimum absolute atomic E-state index is 0.179. The molecule has 0 spiro atoms. The maximum absolute atomic E-state index is 13.4. The summed E-state index contributed by atoms with van der Waals surface area (Å²) in [5, 5.41) is 6.52. The van der Waals surface area contributed by atoms with Crippen molar-refractivity contribution in [2.45, 2.75) is 12.8 Å². The molecule has 2 aromatic carbocycles. The summed E-state index contributed by atoms with van der Waals surface area (Å²) in [7, 11) is 0. The summed E-state index contributed by atoms with van der Waals surface area (Å²) < 4.78 is 16.0. The number of carbonyl (C=O) groups excluding carboxylic acids is 2. The quantitative estimate of drug-likeness (QED) is 0.400. The van der Waals surface area contributed by atoms with Gasteiger partial charge in [0.25, 0.3) is 11.8 Å². The lowest BCUT2D eigenvalue weighted by Gasteiger charge is -2.13. The largest absolute Gasteiger partial charge is 0.459 e. The Morgan fingerprint density at radius 1 is 0.917 bits per heavy atom. The van der Waals surface area contributed by atoms with Gasteiger partial charge in [0.1, 0.15) is 0 Å². The molecule has 2 amide bonds. The second-order valence-corrected chi connectivity index (χ2v) is 8.60. The molecule has 1 aliphatic carbocycles. The number of nitrogens with zero attached hydrogens (tertiary/aromatic N) is 1. The van der Waals surface area contributed by atoms with Gasteiger partial charge in [-0.05, 0) is 65.9 Å². The van der Waals surface area contributed by atoms with Crippen molar-refractivity contribution >= 4 is 34.4 Å². The van der Waals surface area contributed by atoms with Crippen LogP contribution in [-0.4, -0.2) is 36.7 Å². The molecule has 2 N–H and O–H groups in total. The monoisotopic (exact) mass is 481 g/mol. The number of ether oxygens (including phenoxy) is 2. The van der Waals surface area contributed by atoms with E-state index in [0.29, 0.717) is 5.56 Å². The molecule has 0 bridgehead atoms. The molecule has 8 heteroatoms. The maximum atomic E-state index is 13.4. The van der Waals surface area contributed by atoms with E-state index in [0.717, 1.165) is 57.6 Å². The number of hydrogen-bond acceptors (Lipinski definition) is 6. The highest BCUT2D eigenvalue weighted by molar-refractivity contribution is 6.09. The van der Waals surface area contributed by atoms with Gasteiger partial charge in [0, 0.05) is 18.5 Å². The van der Waals surface area contributed by atoms with Crippen LogP contribution in [0.5, 0.6) is 11.5 Å². The number of para-hydroxylation sites is 1. The molecular weight excluding hydrogens is 458 g/mol. The number of rotatable bonds is 6. The molecule has 8 nitrogen and oxygen atoms in total. The molecule has 2 aromatic heterocycles. The predicted molar refractivity (Wildman–Crippen MR) is 134 cm³/mol. The Bertz CT molecular complexity index is 1510. The Morgan fingerprint density at radius 2 is 1.75 bits per heavy atom. The predicted octanol–water partition coefficient (Wildman–Crippen LogP) is 4.20. The number of benzene rings is 2. The van der Waals surface area contributed by atoms with Crippen molar-refractivity contribution in [3.63, 3.8) is 0 Å². The number of allylic oxidation sites excluding steroid dienone is 1. The highest BCUT2D eigenvalue weighted by atomic mass is 16.7. The molecule has 0 saturated carbocycles. The summed E-state index contributed by atoms with van der Waals surface area (Å²) in [6.45, 7) is 0.805. The van der Waals surface area contributed by atoms with E-state index in [-0.39, 0.29) is 37.5 Å². The second-order valence-electron chi connectivity index (χ2n) is 8.60. The molecular formula is C28H23N3O5. The third-order valence-electron chi connectivity index (χ3n) is 6.35. The second kappa shape index (κ2) is 9.22. The number of fused-ring (bicyclic) bond motifs is 3. The summed E-state index contributed by atoms with van der Waals surface area (Å²) in [6.07, 6.45) is 5.05. The van der Waals surface area contributed by atoms with Gasteiger partial charge >= 0.3 is 0 Å². The molecule has 2 aliphatic rings. The number of carbonyl (C=O) groups is 2. The lowest BCUT2D eigenvalue weighted by atomic mass is 10.00. The van der Waals surface area contributed by atoms with Gasteiger partial charge in [0.15, 0.2) is 17.3 Å². The van der Waals surface area contributed by atoms with Crippen LogP contribution in [0.15, 0.2) is 65.3 Å². The number of amides is 2. The van der Waals surface area contributed by atoms with Crippen LogP contribution in [0.3, 0.4) is 0 Å². The van der Waals surface area contributed by atoms with E-state index in [9.17, 15) is 9.59 Å². The fourth-order valence-corrected chi connectivity index (χ4v) is 4.68. The van der Waals surface area contributed by atoms with Crippen LogP contribution in [-0.2, 0) is 6.42 Å². The molecule has 0 radical (unpaired) electrons. The SMILES string of the molecule is O=C(NCCNC(=O)c1c2c(nc3ccccc13)/C(=C\c1ccc3c(c1)OCO3)CC2)c1ccco1. The van der Waals surface area contributed by atoms with E-state index >= 15 is 0 Å².